The predicted molar refractivity (Wildman–Crippen MR) is 126 cm³/mol. The minimum absolute atomic E-state index is 0.731. The van der Waals surface area contributed by atoms with Crippen LogP contribution in [0, 0.1) is 29.6 Å². The fourth-order valence-electron chi connectivity index (χ4n) is 5.13. The minimum Gasteiger partial charge on any atom is -0.381 e. The Labute approximate surface area is 182 Å². The number of nitrogens with zero attached hydrogens (tertiary/aromatic N) is 2. The van der Waals surface area contributed by atoms with Gasteiger partial charge in [-0.15, -0.1) is 0 Å². The van der Waals surface area contributed by atoms with Crippen LogP contribution in [-0.4, -0.2) is 62.3 Å². The number of piperidine rings is 2. The van der Waals surface area contributed by atoms with Crippen molar-refractivity contribution in [2.24, 2.45) is 29.6 Å². The van der Waals surface area contributed by atoms with Crippen LogP contribution in [0.15, 0.2) is 0 Å². The average Bonchev–Trinajstić information content (AvgIpc) is 2.71. The monoisotopic (exact) mass is 408 g/mol. The van der Waals surface area contributed by atoms with E-state index in [2.05, 4.69) is 51.5 Å². The highest BCUT2D eigenvalue weighted by molar-refractivity contribution is 4.78. The summed E-state index contributed by atoms with van der Waals surface area (Å²) in [5.41, 5.74) is 0. The number of ether oxygens (including phenoxy) is 1. The summed E-state index contributed by atoms with van der Waals surface area (Å²) < 4.78 is 6.05. The van der Waals surface area contributed by atoms with Gasteiger partial charge in [0.25, 0.3) is 0 Å². The number of likely N-dealkylation sites (tertiary alicyclic amines) is 2. The van der Waals surface area contributed by atoms with E-state index in [1.807, 2.05) is 0 Å². The molecule has 0 spiro atoms. The molecule has 0 N–H and O–H groups in total. The Kier molecular flexibility index (Phi) is 11.6. The Morgan fingerprint density at radius 1 is 0.828 bits per heavy atom. The molecule has 0 bridgehead atoms. The second-order valence-electron chi connectivity index (χ2n) is 11.1. The summed E-state index contributed by atoms with van der Waals surface area (Å²) in [7, 11) is 2.23. The van der Waals surface area contributed by atoms with Crippen LogP contribution in [0.4, 0.5) is 0 Å². The lowest BCUT2D eigenvalue weighted by Crippen LogP contribution is -2.40. The highest BCUT2D eigenvalue weighted by Gasteiger charge is 2.24. The van der Waals surface area contributed by atoms with Gasteiger partial charge < -0.3 is 14.5 Å². The minimum atomic E-state index is 0.731. The zero-order chi connectivity index (χ0) is 21.2. The SMILES string of the molecule is CC(CCOCC1CCN(C)CC1)CC(C)N1CCC(CCC(C)C(C)C)CC1. The maximum atomic E-state index is 6.05. The first-order chi connectivity index (χ1) is 13.8. The zero-order valence-electron chi connectivity index (χ0n) is 20.7. The van der Waals surface area contributed by atoms with Crippen LogP contribution < -0.4 is 0 Å². The predicted octanol–water partition coefficient (Wildman–Crippen LogP) is 5.93. The number of rotatable bonds is 12. The van der Waals surface area contributed by atoms with E-state index < -0.39 is 0 Å². The first-order valence-corrected chi connectivity index (χ1v) is 12.9. The topological polar surface area (TPSA) is 15.7 Å². The van der Waals surface area contributed by atoms with Crippen molar-refractivity contribution in [3.05, 3.63) is 0 Å². The highest BCUT2D eigenvalue weighted by atomic mass is 16.5. The molecule has 3 nitrogen and oxygen atoms in total. The second-order valence-corrected chi connectivity index (χ2v) is 11.1. The van der Waals surface area contributed by atoms with E-state index in [0.29, 0.717) is 0 Å². The Balaban J connectivity index is 1.52. The van der Waals surface area contributed by atoms with Gasteiger partial charge in [-0.2, -0.15) is 0 Å². The van der Waals surface area contributed by atoms with Crippen LogP contribution in [-0.2, 0) is 4.74 Å². The van der Waals surface area contributed by atoms with Gasteiger partial charge in [-0.1, -0.05) is 40.5 Å². The molecule has 29 heavy (non-hydrogen) atoms. The first-order valence-electron chi connectivity index (χ1n) is 12.9. The molecule has 0 aliphatic carbocycles. The Morgan fingerprint density at radius 3 is 2.07 bits per heavy atom. The molecule has 2 aliphatic rings. The molecular formula is C26H52N2O. The van der Waals surface area contributed by atoms with Crippen LogP contribution in [0.1, 0.15) is 86.0 Å². The lowest BCUT2D eigenvalue weighted by atomic mass is 9.85. The second kappa shape index (κ2) is 13.3. The van der Waals surface area contributed by atoms with E-state index in [-0.39, 0.29) is 0 Å². The maximum Gasteiger partial charge on any atom is 0.0495 e. The Bertz CT molecular complexity index is 411. The molecule has 0 saturated carbocycles. The summed E-state index contributed by atoms with van der Waals surface area (Å²) >= 11 is 0. The molecule has 0 radical (unpaired) electrons. The van der Waals surface area contributed by atoms with E-state index in [9.17, 15) is 0 Å². The number of hydrogen-bond acceptors (Lipinski definition) is 3. The van der Waals surface area contributed by atoms with E-state index in [1.54, 1.807) is 0 Å². The Morgan fingerprint density at radius 2 is 1.45 bits per heavy atom. The van der Waals surface area contributed by atoms with Gasteiger partial charge in [0.15, 0.2) is 0 Å². The fraction of sp³-hybridized carbons (Fsp3) is 1.00. The summed E-state index contributed by atoms with van der Waals surface area (Å²) in [5, 5.41) is 0. The molecule has 3 atom stereocenters. The molecule has 2 saturated heterocycles. The molecular weight excluding hydrogens is 356 g/mol. The third-order valence-corrected chi connectivity index (χ3v) is 8.13. The van der Waals surface area contributed by atoms with Crippen LogP contribution in [0.3, 0.4) is 0 Å². The summed E-state index contributed by atoms with van der Waals surface area (Å²) in [5.74, 6) is 4.27. The molecule has 2 fully saturated rings. The van der Waals surface area contributed by atoms with Crippen molar-refractivity contribution < 1.29 is 4.74 Å². The van der Waals surface area contributed by atoms with Crippen LogP contribution in [0.5, 0.6) is 0 Å². The van der Waals surface area contributed by atoms with Crippen molar-refractivity contribution in [3.63, 3.8) is 0 Å². The van der Waals surface area contributed by atoms with Gasteiger partial charge in [0, 0.05) is 19.3 Å². The number of hydrogen-bond donors (Lipinski definition) is 0. The highest BCUT2D eigenvalue weighted by Crippen LogP contribution is 2.28. The third kappa shape index (κ3) is 9.70. The third-order valence-electron chi connectivity index (χ3n) is 8.13. The van der Waals surface area contributed by atoms with Gasteiger partial charge in [0.2, 0.25) is 0 Å². The zero-order valence-corrected chi connectivity index (χ0v) is 20.7. The molecule has 3 heteroatoms. The average molecular weight is 409 g/mol. The summed E-state index contributed by atoms with van der Waals surface area (Å²) in [4.78, 5) is 5.20. The van der Waals surface area contributed by atoms with Crippen molar-refractivity contribution >= 4 is 0 Å². The molecule has 2 rings (SSSR count). The lowest BCUT2D eigenvalue weighted by Gasteiger charge is -2.37. The molecule has 2 heterocycles. The Hall–Kier alpha value is -0.120. The summed E-state index contributed by atoms with van der Waals surface area (Å²) in [6.07, 6.45) is 10.9. The van der Waals surface area contributed by atoms with Crippen LogP contribution in [0.2, 0.25) is 0 Å². The normalized spacial score (nSPS) is 24.1. The molecule has 0 amide bonds. The molecule has 0 aromatic rings. The van der Waals surface area contributed by atoms with E-state index >= 15 is 0 Å². The van der Waals surface area contributed by atoms with Gasteiger partial charge in [-0.25, -0.2) is 0 Å². The summed E-state index contributed by atoms with van der Waals surface area (Å²) in [6, 6.07) is 0.731. The van der Waals surface area contributed by atoms with Gasteiger partial charge in [-0.3, -0.25) is 0 Å². The van der Waals surface area contributed by atoms with Crippen molar-refractivity contribution in [3.8, 4) is 0 Å². The molecule has 172 valence electrons. The van der Waals surface area contributed by atoms with Crippen molar-refractivity contribution in [1.29, 1.82) is 0 Å². The molecule has 0 aromatic heterocycles. The summed E-state index contributed by atoms with van der Waals surface area (Å²) in [6.45, 7) is 19.1. The molecule has 3 unspecified atom stereocenters. The molecule has 0 aromatic carbocycles. The van der Waals surface area contributed by atoms with Crippen LogP contribution >= 0.6 is 0 Å². The fourth-order valence-corrected chi connectivity index (χ4v) is 5.13. The first kappa shape index (κ1) is 25.1. The quantitative estimate of drug-likeness (QED) is 0.372. The van der Waals surface area contributed by atoms with E-state index in [0.717, 1.165) is 48.8 Å². The van der Waals surface area contributed by atoms with Gasteiger partial charge in [0.05, 0.1) is 0 Å². The van der Waals surface area contributed by atoms with Crippen molar-refractivity contribution in [2.45, 2.75) is 92.0 Å². The maximum absolute atomic E-state index is 6.05. The van der Waals surface area contributed by atoms with Gasteiger partial charge in [-0.05, 0) is 108 Å². The molecule has 2 aliphatic heterocycles. The van der Waals surface area contributed by atoms with Gasteiger partial charge >= 0.3 is 0 Å². The van der Waals surface area contributed by atoms with Crippen molar-refractivity contribution in [2.75, 3.05) is 46.4 Å². The largest absolute Gasteiger partial charge is 0.381 e. The lowest BCUT2D eigenvalue weighted by molar-refractivity contribution is 0.0608. The van der Waals surface area contributed by atoms with E-state index in [4.69, 9.17) is 4.74 Å². The van der Waals surface area contributed by atoms with Crippen LogP contribution in [0.25, 0.3) is 0 Å². The van der Waals surface area contributed by atoms with E-state index in [1.165, 1.54) is 77.5 Å². The standard InChI is InChI=1S/C26H52N2O/c1-21(2)23(4)7-8-25-11-16-28(17-12-25)24(5)19-22(3)13-18-29-20-26-9-14-27(6)15-10-26/h21-26H,7-20H2,1-6H3. The van der Waals surface area contributed by atoms with Gasteiger partial charge in [0.1, 0.15) is 0 Å². The van der Waals surface area contributed by atoms with Crippen molar-refractivity contribution in [1.82, 2.24) is 9.80 Å². The smallest absolute Gasteiger partial charge is 0.0495 e.